The number of carbonyl (C=O) groups is 4. The van der Waals surface area contributed by atoms with E-state index in [-0.39, 0.29) is 16.7 Å². The van der Waals surface area contributed by atoms with Gasteiger partial charge in [-0.05, 0) is 49.6 Å². The van der Waals surface area contributed by atoms with Gasteiger partial charge in [0.15, 0.2) is 24.1 Å². The second kappa shape index (κ2) is 14.8. The number of carbonyl (C=O) groups excluding carboxylic acids is 3. The molecule has 2 heterocycles. The molecular formula is C38H39NO19. The number of benzene rings is 3. The number of ether oxygens (including phenoxy) is 4. The maximum absolute atomic E-state index is 13.9. The van der Waals surface area contributed by atoms with Crippen molar-refractivity contribution < 1.29 is 94.3 Å². The summed E-state index contributed by atoms with van der Waals surface area (Å²) >= 11 is 0. The molecule has 1 amide bonds. The number of amides is 1. The largest absolute Gasteiger partial charge is 0.508 e. The van der Waals surface area contributed by atoms with Gasteiger partial charge in [0.05, 0.1) is 29.4 Å². The summed E-state index contributed by atoms with van der Waals surface area (Å²) in [5.41, 5.74) is -4.15. The number of aliphatic hydroxyl groups excluding tert-OH is 6. The fraction of sp³-hybridized carbons (Fsp3) is 0.421. The molecular weight excluding hydrogens is 774 g/mol. The van der Waals surface area contributed by atoms with E-state index in [1.165, 1.54) is 19.9 Å². The van der Waals surface area contributed by atoms with E-state index in [0.29, 0.717) is 0 Å². The molecule has 0 radical (unpaired) electrons. The van der Waals surface area contributed by atoms with Crippen molar-refractivity contribution >= 4 is 23.4 Å². The molecule has 12 atom stereocenters. The summed E-state index contributed by atoms with van der Waals surface area (Å²) in [5, 5.41) is 121. The SMILES string of the molecule is Cc1cc2c(c(O)c1C(=O)N[C@H](C)C(=O)O)-c1c(cc3c(c1O)C(=O)c1cc(O)cc(O)c1C3=O)[C@H](O)[C@H]2O[C@@H]1O[C@H](C)[C@H](O)[C@H](O[C@@H]2OC[C@@H](O)[C@H](O)[C@H]2O)[C@H]1O. The van der Waals surface area contributed by atoms with Crippen molar-refractivity contribution in [1.82, 2.24) is 5.32 Å². The average molecular weight is 814 g/mol. The summed E-state index contributed by atoms with van der Waals surface area (Å²) < 4.78 is 22.9. The summed E-state index contributed by atoms with van der Waals surface area (Å²) in [6, 6.07) is 2.50. The Morgan fingerprint density at radius 1 is 0.776 bits per heavy atom. The van der Waals surface area contributed by atoms with Crippen LogP contribution in [-0.2, 0) is 23.7 Å². The second-order valence-corrected chi connectivity index (χ2v) is 14.6. The van der Waals surface area contributed by atoms with Crippen LogP contribution in [0.3, 0.4) is 0 Å². The molecule has 0 saturated carbocycles. The van der Waals surface area contributed by atoms with Crippen molar-refractivity contribution in [3.63, 3.8) is 0 Å². The minimum atomic E-state index is -1.97. The van der Waals surface area contributed by atoms with Gasteiger partial charge in [0.25, 0.3) is 5.91 Å². The van der Waals surface area contributed by atoms with Crippen molar-refractivity contribution in [1.29, 1.82) is 0 Å². The Morgan fingerprint density at radius 3 is 2.09 bits per heavy atom. The Balaban J connectivity index is 1.36. The van der Waals surface area contributed by atoms with Crippen LogP contribution in [0.1, 0.15) is 84.9 Å². The predicted molar refractivity (Wildman–Crippen MR) is 189 cm³/mol. The highest BCUT2D eigenvalue weighted by Crippen LogP contribution is 2.57. The third-order valence-electron chi connectivity index (χ3n) is 10.8. The Morgan fingerprint density at radius 2 is 1.41 bits per heavy atom. The van der Waals surface area contributed by atoms with E-state index in [1.807, 2.05) is 0 Å². The standard InChI is InChI=1S/C38H39NO19/c1-9-4-16-22(29(48)19(9)35(52)39-10(2)36(53)54)21-14(7-15-23(30(21)49)26(45)13-5-12(40)6-17(41)20(13)25(15)44)27(46)33(16)57-38-32(51)34(24(43)11(3)56-38)58-37-31(50)28(47)18(42)8-55-37/h4-7,10-11,18,24,27-28,31-34,37-38,40-43,46-51H,8H2,1-3H3,(H,39,52)(H,53,54)/t10-,11-,18-,24+,27+,28+,31-,32-,33+,34+,37+,38+/m1/s1. The van der Waals surface area contributed by atoms with E-state index in [0.717, 1.165) is 25.1 Å². The van der Waals surface area contributed by atoms with E-state index in [1.54, 1.807) is 0 Å². The Bertz CT molecular complexity index is 2240. The summed E-state index contributed by atoms with van der Waals surface area (Å²) in [6.45, 7) is 3.39. The molecule has 12 N–H and O–H groups in total. The minimum absolute atomic E-state index is 0.0153. The van der Waals surface area contributed by atoms with Gasteiger partial charge in [0.2, 0.25) is 0 Å². The number of aliphatic carboxylic acids is 1. The van der Waals surface area contributed by atoms with Gasteiger partial charge < -0.3 is 80.4 Å². The fourth-order valence-electron chi connectivity index (χ4n) is 7.77. The van der Waals surface area contributed by atoms with Gasteiger partial charge in [-0.2, -0.15) is 0 Å². The number of hydrogen-bond donors (Lipinski definition) is 12. The quantitative estimate of drug-likeness (QED) is 0.105. The van der Waals surface area contributed by atoms with E-state index < -0.39 is 166 Å². The van der Waals surface area contributed by atoms with E-state index >= 15 is 0 Å². The van der Waals surface area contributed by atoms with Crippen LogP contribution in [-0.4, -0.2) is 148 Å². The van der Waals surface area contributed by atoms with Gasteiger partial charge in [0, 0.05) is 28.3 Å². The molecule has 2 fully saturated rings. The zero-order valence-electron chi connectivity index (χ0n) is 30.6. The van der Waals surface area contributed by atoms with Crippen LogP contribution in [0.4, 0.5) is 0 Å². The number of aromatic hydroxyl groups is 4. The van der Waals surface area contributed by atoms with Crippen LogP contribution in [0.5, 0.6) is 23.0 Å². The lowest BCUT2D eigenvalue weighted by atomic mass is 9.74. The van der Waals surface area contributed by atoms with Gasteiger partial charge in [-0.1, -0.05) is 6.07 Å². The zero-order valence-corrected chi connectivity index (χ0v) is 30.6. The second-order valence-electron chi connectivity index (χ2n) is 14.6. The number of rotatable bonds is 7. The molecule has 0 unspecified atom stereocenters. The van der Waals surface area contributed by atoms with Crippen molar-refractivity contribution in [2.75, 3.05) is 6.61 Å². The number of carboxylic acids is 1. The lowest BCUT2D eigenvalue weighted by Gasteiger charge is -2.45. The molecule has 2 aliphatic carbocycles. The zero-order chi connectivity index (χ0) is 42.4. The Kier molecular flexibility index (Phi) is 10.5. The number of nitrogens with one attached hydrogen (secondary N) is 1. The number of aryl methyl sites for hydroxylation is 1. The molecule has 3 aromatic rings. The smallest absolute Gasteiger partial charge is 0.325 e. The van der Waals surface area contributed by atoms with Crippen LogP contribution < -0.4 is 5.32 Å². The van der Waals surface area contributed by atoms with E-state index in [2.05, 4.69) is 5.32 Å². The molecule has 4 aliphatic rings. The number of phenols is 4. The first kappa shape index (κ1) is 40.9. The summed E-state index contributed by atoms with van der Waals surface area (Å²) in [4.78, 5) is 52.8. The maximum Gasteiger partial charge on any atom is 0.325 e. The van der Waals surface area contributed by atoms with E-state index in [4.69, 9.17) is 18.9 Å². The van der Waals surface area contributed by atoms with Gasteiger partial charge in [-0.3, -0.25) is 19.2 Å². The molecule has 3 aromatic carbocycles. The van der Waals surface area contributed by atoms with Crippen molar-refractivity contribution in [2.45, 2.75) is 94.3 Å². The molecule has 20 nitrogen and oxygen atoms in total. The molecule has 310 valence electrons. The molecule has 20 heteroatoms. The topological polar surface area (TPSA) is 340 Å². The van der Waals surface area contributed by atoms with Gasteiger partial charge in [0.1, 0.15) is 77.9 Å². The summed E-state index contributed by atoms with van der Waals surface area (Å²) in [5.74, 6) is -7.77. The first-order chi connectivity index (χ1) is 27.2. The van der Waals surface area contributed by atoms with Gasteiger partial charge >= 0.3 is 5.97 Å². The van der Waals surface area contributed by atoms with Crippen LogP contribution in [0.15, 0.2) is 24.3 Å². The number of carboxylic acid groups (broad SMARTS) is 1. The van der Waals surface area contributed by atoms with Gasteiger partial charge in [-0.15, -0.1) is 0 Å². The first-order valence-electron chi connectivity index (χ1n) is 17.9. The minimum Gasteiger partial charge on any atom is -0.508 e. The highest BCUT2D eigenvalue weighted by molar-refractivity contribution is 6.31. The molecule has 7 rings (SSSR count). The van der Waals surface area contributed by atoms with Crippen LogP contribution in [0.2, 0.25) is 0 Å². The van der Waals surface area contributed by atoms with Crippen molar-refractivity contribution in [2.24, 2.45) is 0 Å². The number of hydrogen-bond acceptors (Lipinski definition) is 18. The Labute approximate surface area is 326 Å². The molecule has 2 aliphatic heterocycles. The maximum atomic E-state index is 13.9. The lowest BCUT2D eigenvalue weighted by molar-refractivity contribution is -0.353. The molecule has 0 aromatic heterocycles. The third-order valence-corrected chi connectivity index (χ3v) is 10.8. The lowest BCUT2D eigenvalue weighted by Crippen LogP contribution is -2.62. The van der Waals surface area contributed by atoms with Crippen LogP contribution in [0.25, 0.3) is 11.1 Å². The molecule has 0 spiro atoms. The van der Waals surface area contributed by atoms with Gasteiger partial charge in [-0.25, -0.2) is 0 Å². The van der Waals surface area contributed by atoms with Crippen molar-refractivity contribution in [3.8, 4) is 34.1 Å². The number of aliphatic hydroxyl groups is 6. The fourth-order valence-corrected chi connectivity index (χ4v) is 7.77. The Hall–Kier alpha value is -5.26. The van der Waals surface area contributed by atoms with Crippen LogP contribution >= 0.6 is 0 Å². The summed E-state index contributed by atoms with van der Waals surface area (Å²) in [7, 11) is 0. The number of phenolic OH excluding ortho intramolecular Hbond substituents is 4. The van der Waals surface area contributed by atoms with Crippen molar-refractivity contribution in [3.05, 3.63) is 68.8 Å². The van der Waals surface area contributed by atoms with Crippen LogP contribution in [0, 0.1) is 6.92 Å². The monoisotopic (exact) mass is 813 g/mol. The third kappa shape index (κ3) is 6.43. The van der Waals surface area contributed by atoms with E-state index in [9.17, 15) is 75.3 Å². The number of fused-ring (bicyclic) bond motifs is 5. The summed E-state index contributed by atoms with van der Waals surface area (Å²) in [6.07, 6.45) is -18.7. The first-order valence-corrected chi connectivity index (χ1v) is 17.9. The molecule has 0 bridgehead atoms. The average Bonchev–Trinajstić information content (AvgIpc) is 3.15. The number of ketones is 2. The highest BCUT2D eigenvalue weighted by Gasteiger charge is 2.51. The normalized spacial score (nSPS) is 30.7. The molecule has 2 saturated heterocycles. The predicted octanol–water partition coefficient (Wildman–Crippen LogP) is -1.14. The molecule has 58 heavy (non-hydrogen) atoms. The highest BCUT2D eigenvalue weighted by atomic mass is 16.7.